The molecule has 3 aliphatic rings. The van der Waals surface area contributed by atoms with Crippen molar-refractivity contribution in [2.45, 2.75) is 62.8 Å². The molecule has 7 rings (SSSR count). The van der Waals surface area contributed by atoms with Gasteiger partial charge >= 0.3 is 0 Å². The van der Waals surface area contributed by atoms with Gasteiger partial charge in [0.15, 0.2) is 5.82 Å². The Morgan fingerprint density at radius 3 is 2.98 bits per heavy atom. The largest absolute Gasteiger partial charge is 0.508 e. The van der Waals surface area contributed by atoms with E-state index < -0.39 is 28.9 Å². The van der Waals surface area contributed by atoms with Crippen LogP contribution in [0.25, 0.3) is 32.9 Å². The number of fused-ring (bicyclic) bond motifs is 3. The van der Waals surface area contributed by atoms with Gasteiger partial charge in [0.1, 0.15) is 35.6 Å². The lowest BCUT2D eigenvalue weighted by Crippen LogP contribution is -2.43. The highest BCUT2D eigenvalue weighted by molar-refractivity contribution is 6.00. The number of phenolic OH excluding ortho intramolecular Hbond substituents is 1. The van der Waals surface area contributed by atoms with E-state index >= 15 is 8.78 Å². The van der Waals surface area contributed by atoms with Gasteiger partial charge in [-0.25, -0.2) is 13.2 Å². The third kappa shape index (κ3) is 6.20. The average molecular weight is 663 g/mol. The molecule has 2 aromatic carbocycles. The molecule has 0 aliphatic carbocycles. The summed E-state index contributed by atoms with van der Waals surface area (Å²) >= 11 is 0. The molecule has 252 valence electrons. The SMILES string of the molecule is N#CC1CCNCC(OCCCc2c(F)ccc3cc(O)cc(-c4ncc5c(=O)[nH]c(OC[C@@]67CCCN6C[C@H](F)C7)nc5c4F)c23)C1. The maximum atomic E-state index is 16.4. The van der Waals surface area contributed by atoms with Gasteiger partial charge in [-0.2, -0.15) is 10.2 Å². The number of hydrogen-bond donors (Lipinski definition) is 3. The fraction of sp³-hybridized carbons (Fsp3) is 0.486. The highest BCUT2D eigenvalue weighted by Gasteiger charge is 2.49. The Bertz CT molecular complexity index is 1950. The second kappa shape index (κ2) is 13.3. The summed E-state index contributed by atoms with van der Waals surface area (Å²) in [6, 6.07) is 7.75. The van der Waals surface area contributed by atoms with Crippen molar-refractivity contribution in [3.63, 3.8) is 0 Å². The zero-order valence-electron chi connectivity index (χ0n) is 26.4. The van der Waals surface area contributed by atoms with Gasteiger partial charge in [-0.3, -0.25) is 19.7 Å². The average Bonchev–Trinajstić information content (AvgIpc) is 3.49. The zero-order chi connectivity index (χ0) is 33.4. The predicted octanol–water partition coefficient (Wildman–Crippen LogP) is 4.92. The van der Waals surface area contributed by atoms with E-state index in [2.05, 4.69) is 31.2 Å². The third-order valence-electron chi connectivity index (χ3n) is 10.0. The van der Waals surface area contributed by atoms with E-state index in [0.717, 1.165) is 32.4 Å². The number of hydrogen-bond acceptors (Lipinski definition) is 9. The normalized spacial score (nSPS) is 24.5. The number of aromatic amines is 1. The van der Waals surface area contributed by atoms with Gasteiger partial charge < -0.3 is 19.9 Å². The molecule has 0 amide bonds. The summed E-state index contributed by atoms with van der Waals surface area (Å²) in [5.41, 5.74) is -1.18. The van der Waals surface area contributed by atoms with Gasteiger partial charge in [0.05, 0.1) is 29.0 Å². The first-order valence-corrected chi connectivity index (χ1v) is 16.5. The topological polar surface area (TPSA) is 136 Å². The summed E-state index contributed by atoms with van der Waals surface area (Å²) in [6.07, 6.45) is 4.21. The number of pyridine rings is 1. The van der Waals surface area contributed by atoms with Gasteiger partial charge in [0.2, 0.25) is 0 Å². The Morgan fingerprint density at radius 2 is 2.12 bits per heavy atom. The van der Waals surface area contributed by atoms with E-state index in [1.807, 2.05) is 0 Å². The highest BCUT2D eigenvalue weighted by atomic mass is 19.1. The van der Waals surface area contributed by atoms with Gasteiger partial charge in [-0.1, -0.05) is 6.07 Å². The maximum Gasteiger partial charge on any atom is 0.297 e. The lowest BCUT2D eigenvalue weighted by atomic mass is 9.93. The first-order valence-electron chi connectivity index (χ1n) is 16.5. The number of benzene rings is 2. The van der Waals surface area contributed by atoms with E-state index in [1.165, 1.54) is 30.5 Å². The molecule has 0 spiro atoms. The van der Waals surface area contributed by atoms with Crippen molar-refractivity contribution >= 4 is 21.7 Å². The fourth-order valence-corrected chi connectivity index (χ4v) is 7.69. The molecule has 0 radical (unpaired) electrons. The monoisotopic (exact) mass is 662 g/mol. The minimum Gasteiger partial charge on any atom is -0.508 e. The lowest BCUT2D eigenvalue weighted by molar-refractivity contribution is 0.0450. The minimum absolute atomic E-state index is 0.0818. The number of nitriles is 1. The van der Waals surface area contributed by atoms with Gasteiger partial charge in [-0.05, 0) is 86.1 Å². The van der Waals surface area contributed by atoms with E-state index in [4.69, 9.17) is 9.47 Å². The summed E-state index contributed by atoms with van der Waals surface area (Å²) < 4.78 is 58.1. The van der Waals surface area contributed by atoms with Crippen LogP contribution in [0.2, 0.25) is 0 Å². The predicted molar refractivity (Wildman–Crippen MR) is 172 cm³/mol. The van der Waals surface area contributed by atoms with Crippen LogP contribution in [-0.2, 0) is 11.2 Å². The van der Waals surface area contributed by atoms with Crippen molar-refractivity contribution in [2.75, 3.05) is 39.4 Å². The Kier molecular flexibility index (Phi) is 8.98. The van der Waals surface area contributed by atoms with Crippen LogP contribution in [0, 0.1) is 28.9 Å². The molecule has 13 heteroatoms. The molecule has 3 fully saturated rings. The molecule has 48 heavy (non-hydrogen) atoms. The van der Waals surface area contributed by atoms with Crippen LogP contribution in [0.3, 0.4) is 0 Å². The van der Waals surface area contributed by atoms with E-state index in [9.17, 15) is 19.6 Å². The van der Waals surface area contributed by atoms with E-state index in [-0.39, 0.29) is 59.0 Å². The van der Waals surface area contributed by atoms with Crippen molar-refractivity contribution in [3.8, 4) is 29.1 Å². The molecular formula is C35H37F3N6O4. The molecule has 2 aromatic heterocycles. The number of phenols is 1. The number of aromatic nitrogens is 3. The fourth-order valence-electron chi connectivity index (χ4n) is 7.69. The molecule has 2 unspecified atom stereocenters. The summed E-state index contributed by atoms with van der Waals surface area (Å²) in [4.78, 5) is 26.1. The molecule has 5 heterocycles. The molecular weight excluding hydrogens is 625 g/mol. The first kappa shape index (κ1) is 32.3. The molecule has 3 saturated heterocycles. The summed E-state index contributed by atoms with van der Waals surface area (Å²) in [6.45, 7) is 2.93. The second-order valence-electron chi connectivity index (χ2n) is 13.2. The molecule has 4 atom stereocenters. The smallest absolute Gasteiger partial charge is 0.297 e. The Labute approximate surface area is 274 Å². The molecule has 10 nitrogen and oxygen atoms in total. The Hall–Kier alpha value is -4.25. The molecule has 0 saturated carbocycles. The van der Waals surface area contributed by atoms with E-state index in [1.54, 1.807) is 0 Å². The number of H-pyrrole nitrogens is 1. The third-order valence-corrected chi connectivity index (χ3v) is 10.0. The van der Waals surface area contributed by atoms with Crippen LogP contribution in [0.5, 0.6) is 11.8 Å². The lowest BCUT2D eigenvalue weighted by Gasteiger charge is -2.30. The number of aryl methyl sites for hydroxylation is 1. The number of nitrogens with zero attached hydrogens (tertiary/aromatic N) is 4. The number of nitrogens with one attached hydrogen (secondary N) is 2. The van der Waals surface area contributed by atoms with Gasteiger partial charge in [0.25, 0.3) is 11.6 Å². The second-order valence-corrected chi connectivity index (χ2v) is 13.2. The molecule has 3 aliphatic heterocycles. The standard InChI is InChI=1S/C35H37F3N6O4/c36-22-14-35(7-2-9-44(35)18-22)19-48-34-42-32-27(33(46)43-34)17-41-31(30(32)38)26-13-23(45)12-21-4-5-28(37)25(29(21)26)3-1-10-47-24-11-20(15-39)6-8-40-16-24/h4-5,12-13,17,20,22,24,40,45H,1-3,6-11,14,16,18-19H2,(H,42,43,46)/t20?,22-,24?,35+/m1/s1. The van der Waals surface area contributed by atoms with Gasteiger partial charge in [0, 0.05) is 37.9 Å². The number of rotatable bonds is 9. The minimum atomic E-state index is -0.959. The van der Waals surface area contributed by atoms with Crippen molar-refractivity contribution in [3.05, 3.63) is 58.0 Å². The van der Waals surface area contributed by atoms with Crippen molar-refractivity contribution < 1.29 is 27.8 Å². The number of halogens is 3. The Balaban J connectivity index is 1.18. The van der Waals surface area contributed by atoms with Crippen LogP contribution >= 0.6 is 0 Å². The highest BCUT2D eigenvalue weighted by Crippen LogP contribution is 2.41. The van der Waals surface area contributed by atoms with E-state index in [0.29, 0.717) is 55.3 Å². The number of alkyl halides is 1. The molecule has 4 aromatic rings. The van der Waals surface area contributed by atoms with Crippen LogP contribution in [0.4, 0.5) is 13.2 Å². The van der Waals surface area contributed by atoms with Crippen LogP contribution in [0.15, 0.2) is 35.3 Å². The Morgan fingerprint density at radius 1 is 1.25 bits per heavy atom. The summed E-state index contributed by atoms with van der Waals surface area (Å²) in [5.74, 6) is -1.67. The van der Waals surface area contributed by atoms with Crippen molar-refractivity contribution in [1.82, 2.24) is 25.2 Å². The van der Waals surface area contributed by atoms with Crippen LogP contribution in [0.1, 0.15) is 44.1 Å². The van der Waals surface area contributed by atoms with Crippen molar-refractivity contribution in [2.24, 2.45) is 5.92 Å². The molecule has 3 N–H and O–H groups in total. The summed E-state index contributed by atoms with van der Waals surface area (Å²) in [7, 11) is 0. The quantitative estimate of drug-likeness (QED) is 0.214. The summed E-state index contributed by atoms with van der Waals surface area (Å²) in [5, 5.41) is 24.0. The zero-order valence-corrected chi connectivity index (χ0v) is 26.4. The number of ether oxygens (including phenoxy) is 2. The molecule has 0 bridgehead atoms. The van der Waals surface area contributed by atoms with Crippen LogP contribution < -0.4 is 15.6 Å². The van der Waals surface area contributed by atoms with Crippen LogP contribution in [-0.4, -0.2) is 82.2 Å². The van der Waals surface area contributed by atoms with Gasteiger partial charge in [-0.15, -0.1) is 0 Å². The van der Waals surface area contributed by atoms with Crippen molar-refractivity contribution in [1.29, 1.82) is 5.26 Å². The number of aromatic hydroxyl groups is 1. The first-order chi connectivity index (χ1) is 23.2. The maximum absolute atomic E-state index is 16.4.